The number of halogens is 1. The van der Waals surface area contributed by atoms with Gasteiger partial charge in [0.1, 0.15) is 0 Å². The van der Waals surface area contributed by atoms with E-state index in [0.717, 1.165) is 11.0 Å². The van der Waals surface area contributed by atoms with Gasteiger partial charge in [0.2, 0.25) is 0 Å². The lowest BCUT2D eigenvalue weighted by atomic mass is 10.1. The van der Waals surface area contributed by atoms with Gasteiger partial charge in [0.05, 0.1) is 11.0 Å². The summed E-state index contributed by atoms with van der Waals surface area (Å²) in [5, 5.41) is 2.44. The van der Waals surface area contributed by atoms with Gasteiger partial charge in [0.25, 0.3) is 0 Å². The van der Waals surface area contributed by atoms with Gasteiger partial charge in [0.15, 0.2) is 0 Å². The fourth-order valence-corrected chi connectivity index (χ4v) is 2.13. The molecule has 0 unspecified atom stereocenters. The van der Waals surface area contributed by atoms with Gasteiger partial charge in [0, 0.05) is 10.8 Å². The average molecular weight is 244 g/mol. The van der Waals surface area contributed by atoms with Gasteiger partial charge in [-0.3, -0.25) is 0 Å². The molecule has 0 atom stereocenters. The molecule has 2 heteroatoms. The smallest absolute Gasteiger partial charge is 0.0738 e. The summed E-state index contributed by atoms with van der Waals surface area (Å²) < 4.78 is 0. The quantitative estimate of drug-likeness (QED) is 0.533. The SMILES string of the molecule is Cc1ccc2nc3c(C)cccc3cc2c1.Cl. The average Bonchev–Trinajstić information content (AvgIpc) is 2.27. The van der Waals surface area contributed by atoms with Crippen molar-refractivity contribution in [2.45, 2.75) is 13.8 Å². The highest BCUT2D eigenvalue weighted by molar-refractivity contribution is 5.94. The number of aromatic nitrogens is 1. The number of nitrogens with zero attached hydrogens (tertiary/aromatic N) is 1. The fourth-order valence-electron chi connectivity index (χ4n) is 2.13. The van der Waals surface area contributed by atoms with Crippen LogP contribution in [0.2, 0.25) is 0 Å². The third kappa shape index (κ3) is 1.98. The molecule has 0 aliphatic rings. The predicted octanol–water partition coefficient (Wildman–Crippen LogP) is 4.43. The zero-order chi connectivity index (χ0) is 11.1. The molecule has 17 heavy (non-hydrogen) atoms. The second-order valence-electron chi connectivity index (χ2n) is 4.33. The molecular formula is C15H14ClN. The van der Waals surface area contributed by atoms with Gasteiger partial charge in [-0.05, 0) is 37.6 Å². The van der Waals surface area contributed by atoms with Crippen molar-refractivity contribution in [2.75, 3.05) is 0 Å². The molecule has 1 heterocycles. The number of benzene rings is 2. The van der Waals surface area contributed by atoms with Crippen LogP contribution in [0.25, 0.3) is 21.8 Å². The molecule has 0 saturated heterocycles. The van der Waals surface area contributed by atoms with Crippen molar-refractivity contribution in [3.8, 4) is 0 Å². The highest BCUT2D eigenvalue weighted by Gasteiger charge is 2.01. The standard InChI is InChI=1S/C15H13N.ClH/c1-10-6-7-14-13(8-10)9-12-5-3-4-11(2)15(12)16-14;/h3-9H,1-2H3;1H. The van der Waals surface area contributed by atoms with E-state index >= 15 is 0 Å². The minimum atomic E-state index is 0. The summed E-state index contributed by atoms with van der Waals surface area (Å²) >= 11 is 0. The summed E-state index contributed by atoms with van der Waals surface area (Å²) in [4.78, 5) is 4.72. The molecule has 0 fully saturated rings. The van der Waals surface area contributed by atoms with E-state index in [4.69, 9.17) is 4.98 Å². The highest BCUT2D eigenvalue weighted by atomic mass is 35.5. The van der Waals surface area contributed by atoms with E-state index in [1.165, 1.54) is 21.9 Å². The van der Waals surface area contributed by atoms with Crippen LogP contribution in [-0.2, 0) is 0 Å². The fraction of sp³-hybridized carbons (Fsp3) is 0.133. The molecule has 1 nitrogen and oxygen atoms in total. The molecule has 0 spiro atoms. The number of rotatable bonds is 0. The summed E-state index contributed by atoms with van der Waals surface area (Å²) in [7, 11) is 0. The van der Waals surface area contributed by atoms with E-state index in [0.29, 0.717) is 0 Å². The topological polar surface area (TPSA) is 12.9 Å². The van der Waals surface area contributed by atoms with Crippen molar-refractivity contribution in [2.24, 2.45) is 0 Å². The molecular weight excluding hydrogens is 230 g/mol. The van der Waals surface area contributed by atoms with Gasteiger partial charge in [-0.2, -0.15) is 0 Å². The summed E-state index contributed by atoms with van der Waals surface area (Å²) in [5.41, 5.74) is 4.70. The van der Waals surface area contributed by atoms with Crippen LogP contribution >= 0.6 is 12.4 Å². The van der Waals surface area contributed by atoms with Crippen LogP contribution < -0.4 is 0 Å². The molecule has 0 aliphatic carbocycles. The zero-order valence-corrected chi connectivity index (χ0v) is 10.7. The first-order valence-electron chi connectivity index (χ1n) is 5.51. The summed E-state index contributed by atoms with van der Waals surface area (Å²) in [6.45, 7) is 4.22. The van der Waals surface area contributed by atoms with Crippen LogP contribution in [0.15, 0.2) is 42.5 Å². The number of pyridine rings is 1. The van der Waals surface area contributed by atoms with Crippen molar-refractivity contribution in [3.63, 3.8) is 0 Å². The van der Waals surface area contributed by atoms with Gasteiger partial charge in [-0.25, -0.2) is 4.98 Å². The Balaban J connectivity index is 0.00000108. The van der Waals surface area contributed by atoms with Crippen LogP contribution in [0.1, 0.15) is 11.1 Å². The molecule has 0 amide bonds. The largest absolute Gasteiger partial charge is 0.248 e. The van der Waals surface area contributed by atoms with Crippen molar-refractivity contribution in [3.05, 3.63) is 53.6 Å². The lowest BCUT2D eigenvalue weighted by Crippen LogP contribution is -1.85. The predicted molar refractivity (Wildman–Crippen MR) is 76.0 cm³/mol. The summed E-state index contributed by atoms with van der Waals surface area (Å²) in [6.07, 6.45) is 0. The van der Waals surface area contributed by atoms with E-state index in [1.54, 1.807) is 0 Å². The van der Waals surface area contributed by atoms with Crippen LogP contribution in [0, 0.1) is 13.8 Å². The van der Waals surface area contributed by atoms with E-state index in [2.05, 4.69) is 56.3 Å². The first-order chi connectivity index (χ1) is 7.74. The van der Waals surface area contributed by atoms with E-state index in [9.17, 15) is 0 Å². The maximum Gasteiger partial charge on any atom is 0.0738 e. The van der Waals surface area contributed by atoms with Crippen molar-refractivity contribution in [1.82, 2.24) is 4.98 Å². The number of hydrogen-bond donors (Lipinski definition) is 0. The Labute approximate surface area is 107 Å². The molecule has 0 radical (unpaired) electrons. The molecule has 0 bridgehead atoms. The second kappa shape index (κ2) is 4.34. The maximum atomic E-state index is 4.72. The van der Waals surface area contributed by atoms with Crippen molar-refractivity contribution >= 4 is 34.2 Å². The Hall–Kier alpha value is -1.60. The van der Waals surface area contributed by atoms with Gasteiger partial charge < -0.3 is 0 Å². The van der Waals surface area contributed by atoms with Gasteiger partial charge in [-0.1, -0.05) is 29.8 Å². The number of fused-ring (bicyclic) bond motifs is 2. The van der Waals surface area contributed by atoms with Crippen LogP contribution in [0.4, 0.5) is 0 Å². The van der Waals surface area contributed by atoms with Gasteiger partial charge in [-0.15, -0.1) is 12.4 Å². The number of para-hydroxylation sites is 1. The Morgan fingerprint density at radius 2 is 1.71 bits per heavy atom. The first kappa shape index (κ1) is 11.9. The zero-order valence-electron chi connectivity index (χ0n) is 9.90. The molecule has 3 rings (SSSR count). The van der Waals surface area contributed by atoms with Crippen LogP contribution in [-0.4, -0.2) is 4.98 Å². The second-order valence-corrected chi connectivity index (χ2v) is 4.33. The van der Waals surface area contributed by atoms with Crippen LogP contribution in [0.3, 0.4) is 0 Å². The lowest BCUT2D eigenvalue weighted by molar-refractivity contribution is 1.41. The molecule has 86 valence electrons. The van der Waals surface area contributed by atoms with Crippen molar-refractivity contribution < 1.29 is 0 Å². The minimum absolute atomic E-state index is 0. The number of aryl methyl sites for hydroxylation is 2. The Bertz CT molecular complexity index is 688. The maximum absolute atomic E-state index is 4.72. The minimum Gasteiger partial charge on any atom is -0.248 e. The summed E-state index contributed by atoms with van der Waals surface area (Å²) in [5.74, 6) is 0. The van der Waals surface area contributed by atoms with E-state index < -0.39 is 0 Å². The third-order valence-corrected chi connectivity index (χ3v) is 3.00. The molecule has 1 aromatic heterocycles. The Morgan fingerprint density at radius 3 is 2.53 bits per heavy atom. The lowest BCUT2D eigenvalue weighted by Gasteiger charge is -2.04. The van der Waals surface area contributed by atoms with Crippen molar-refractivity contribution in [1.29, 1.82) is 0 Å². The molecule has 3 aromatic rings. The van der Waals surface area contributed by atoms with Gasteiger partial charge >= 0.3 is 0 Å². The monoisotopic (exact) mass is 243 g/mol. The Morgan fingerprint density at radius 1 is 0.882 bits per heavy atom. The van der Waals surface area contributed by atoms with E-state index in [1.807, 2.05) is 0 Å². The molecule has 0 aliphatic heterocycles. The molecule has 0 N–H and O–H groups in total. The normalized spacial score (nSPS) is 10.5. The highest BCUT2D eigenvalue weighted by Crippen LogP contribution is 2.22. The molecule has 2 aromatic carbocycles. The third-order valence-electron chi connectivity index (χ3n) is 3.00. The summed E-state index contributed by atoms with van der Waals surface area (Å²) in [6, 6.07) is 14.9. The first-order valence-corrected chi connectivity index (χ1v) is 5.51. The Kier molecular flexibility index (Phi) is 3.03. The molecule has 0 saturated carbocycles. The van der Waals surface area contributed by atoms with Crippen LogP contribution in [0.5, 0.6) is 0 Å². The van der Waals surface area contributed by atoms with E-state index in [-0.39, 0.29) is 12.4 Å². The number of hydrogen-bond acceptors (Lipinski definition) is 1.